The van der Waals surface area contributed by atoms with Crippen molar-refractivity contribution in [3.63, 3.8) is 0 Å². The van der Waals surface area contributed by atoms with Crippen molar-refractivity contribution >= 4 is 22.6 Å². The van der Waals surface area contributed by atoms with E-state index in [9.17, 15) is 9.90 Å². The normalized spacial score (nSPS) is 15.1. The highest BCUT2D eigenvalue weighted by atomic mass is 16.5. The summed E-state index contributed by atoms with van der Waals surface area (Å²) < 4.78 is 2.09. The molecule has 8 heteroatoms. The minimum Gasteiger partial charge on any atom is -0.381 e. The number of anilines is 1. The fraction of sp³-hybridized carbons (Fsp3) is 0.300. The second-order valence-corrected chi connectivity index (χ2v) is 6.90. The van der Waals surface area contributed by atoms with Gasteiger partial charge in [0.25, 0.3) is 5.91 Å². The lowest BCUT2D eigenvalue weighted by molar-refractivity contribution is 0.0706. The fourth-order valence-electron chi connectivity index (χ4n) is 3.63. The third-order valence-corrected chi connectivity index (χ3v) is 5.22. The van der Waals surface area contributed by atoms with Crippen molar-refractivity contribution in [2.45, 2.75) is 6.54 Å². The molecule has 1 aliphatic rings. The minimum atomic E-state index is -0.523. The van der Waals surface area contributed by atoms with Crippen LogP contribution in [0.3, 0.4) is 0 Å². The second kappa shape index (κ2) is 7.97. The molecule has 0 radical (unpaired) electrons. The van der Waals surface area contributed by atoms with Crippen LogP contribution in [0, 0.1) is 0 Å². The summed E-state index contributed by atoms with van der Waals surface area (Å²) in [5, 5.41) is 19.1. The first-order valence-electron chi connectivity index (χ1n) is 9.25. The molecular formula is C20H23N5O3. The standard InChI is InChI=1S/C20H23N5O3/c26-14-23-9-11-24(12-10-23)18-5-7-21-19-17(18)6-8-25(19)13-15-1-3-16(4-2-15)20(27)22-28/h1-8,26,28H,9-14H2,(H,22,27). The van der Waals surface area contributed by atoms with Gasteiger partial charge in [-0.15, -0.1) is 0 Å². The van der Waals surface area contributed by atoms with Crippen molar-refractivity contribution < 1.29 is 15.1 Å². The van der Waals surface area contributed by atoms with E-state index in [0.29, 0.717) is 12.1 Å². The van der Waals surface area contributed by atoms with Gasteiger partial charge in [-0.25, -0.2) is 10.5 Å². The van der Waals surface area contributed by atoms with E-state index in [2.05, 4.69) is 20.5 Å². The van der Waals surface area contributed by atoms with Crippen LogP contribution >= 0.6 is 0 Å². The lowest BCUT2D eigenvalue weighted by atomic mass is 10.1. The molecule has 2 aromatic heterocycles. The number of nitrogens with one attached hydrogen (secondary N) is 1. The van der Waals surface area contributed by atoms with Crippen molar-refractivity contribution in [2.24, 2.45) is 0 Å². The Morgan fingerprint density at radius 3 is 2.50 bits per heavy atom. The van der Waals surface area contributed by atoms with Crippen LogP contribution < -0.4 is 10.4 Å². The highest BCUT2D eigenvalue weighted by molar-refractivity contribution is 5.93. The zero-order chi connectivity index (χ0) is 19.5. The molecule has 1 amide bonds. The first kappa shape index (κ1) is 18.4. The quantitative estimate of drug-likeness (QED) is 0.455. The Morgan fingerprint density at radius 2 is 1.82 bits per heavy atom. The van der Waals surface area contributed by atoms with Gasteiger partial charge in [-0.2, -0.15) is 0 Å². The third-order valence-electron chi connectivity index (χ3n) is 5.22. The SMILES string of the molecule is O=C(NO)c1ccc(Cn2ccc3c(N4CCN(CO)CC4)ccnc32)cc1. The van der Waals surface area contributed by atoms with Gasteiger partial charge in [0.1, 0.15) is 5.65 Å². The number of rotatable bonds is 5. The lowest BCUT2D eigenvalue weighted by Gasteiger charge is -2.35. The maximum absolute atomic E-state index is 11.4. The number of pyridine rings is 1. The molecule has 3 heterocycles. The number of hydroxylamine groups is 1. The van der Waals surface area contributed by atoms with Gasteiger partial charge >= 0.3 is 0 Å². The smallest absolute Gasteiger partial charge is 0.274 e. The number of aliphatic hydroxyl groups is 1. The molecule has 3 N–H and O–H groups in total. The number of aliphatic hydroxyl groups excluding tert-OH is 1. The third kappa shape index (κ3) is 3.57. The Balaban J connectivity index is 1.56. The summed E-state index contributed by atoms with van der Waals surface area (Å²) in [5.74, 6) is -0.523. The average Bonchev–Trinajstić information content (AvgIpc) is 3.16. The number of piperazine rings is 1. The number of hydrogen-bond donors (Lipinski definition) is 3. The summed E-state index contributed by atoms with van der Waals surface area (Å²) in [4.78, 5) is 20.4. The molecule has 0 unspecified atom stereocenters. The lowest BCUT2D eigenvalue weighted by Crippen LogP contribution is -2.46. The molecule has 3 aromatic rings. The number of hydrogen-bond acceptors (Lipinski definition) is 6. The number of aromatic nitrogens is 2. The molecular weight excluding hydrogens is 358 g/mol. The van der Waals surface area contributed by atoms with Crippen molar-refractivity contribution in [3.8, 4) is 0 Å². The van der Waals surface area contributed by atoms with Gasteiger partial charge in [-0.05, 0) is 29.8 Å². The van der Waals surface area contributed by atoms with Gasteiger partial charge < -0.3 is 14.6 Å². The van der Waals surface area contributed by atoms with E-state index in [1.807, 2.05) is 35.5 Å². The predicted molar refractivity (Wildman–Crippen MR) is 105 cm³/mol. The highest BCUT2D eigenvalue weighted by Gasteiger charge is 2.19. The Morgan fingerprint density at radius 1 is 1.07 bits per heavy atom. The molecule has 4 rings (SSSR count). The molecule has 146 valence electrons. The predicted octanol–water partition coefficient (Wildman–Crippen LogP) is 1.28. The number of carbonyl (C=O) groups is 1. The molecule has 8 nitrogen and oxygen atoms in total. The summed E-state index contributed by atoms with van der Waals surface area (Å²) in [6, 6.07) is 11.2. The monoisotopic (exact) mass is 381 g/mol. The summed E-state index contributed by atoms with van der Waals surface area (Å²) in [6.45, 7) is 4.18. The number of carbonyl (C=O) groups excluding carboxylic acids is 1. The summed E-state index contributed by atoms with van der Waals surface area (Å²) >= 11 is 0. The van der Waals surface area contributed by atoms with E-state index in [0.717, 1.165) is 48.5 Å². The molecule has 1 aromatic carbocycles. The van der Waals surface area contributed by atoms with Crippen LogP contribution in [0.2, 0.25) is 0 Å². The van der Waals surface area contributed by atoms with Gasteiger partial charge in [-0.3, -0.25) is 14.9 Å². The van der Waals surface area contributed by atoms with Crippen LogP contribution in [-0.2, 0) is 6.54 Å². The maximum atomic E-state index is 11.4. The Labute approximate surface area is 162 Å². The van der Waals surface area contributed by atoms with Crippen LogP contribution in [0.15, 0.2) is 48.8 Å². The Hall–Kier alpha value is -2.94. The number of benzene rings is 1. The fourth-order valence-corrected chi connectivity index (χ4v) is 3.63. The molecule has 0 atom stereocenters. The zero-order valence-electron chi connectivity index (χ0n) is 15.5. The zero-order valence-corrected chi connectivity index (χ0v) is 15.5. The number of amides is 1. The molecule has 1 saturated heterocycles. The van der Waals surface area contributed by atoms with Gasteiger partial charge in [0.2, 0.25) is 0 Å². The first-order chi connectivity index (χ1) is 13.7. The van der Waals surface area contributed by atoms with Gasteiger partial charge in [0.05, 0.1) is 6.73 Å². The van der Waals surface area contributed by atoms with Crippen molar-refractivity contribution in [2.75, 3.05) is 37.8 Å². The van der Waals surface area contributed by atoms with Crippen molar-refractivity contribution in [3.05, 3.63) is 59.9 Å². The summed E-state index contributed by atoms with van der Waals surface area (Å²) in [6.07, 6.45) is 3.86. The maximum Gasteiger partial charge on any atom is 0.274 e. The molecule has 1 fully saturated rings. The van der Waals surface area contributed by atoms with E-state index >= 15 is 0 Å². The molecule has 0 bridgehead atoms. The summed E-state index contributed by atoms with van der Waals surface area (Å²) in [5.41, 5.74) is 5.16. The van der Waals surface area contributed by atoms with Crippen molar-refractivity contribution in [1.82, 2.24) is 19.9 Å². The van der Waals surface area contributed by atoms with Crippen LogP contribution in [0.4, 0.5) is 5.69 Å². The van der Waals surface area contributed by atoms with Gasteiger partial charge in [-0.1, -0.05) is 12.1 Å². The van der Waals surface area contributed by atoms with Crippen LogP contribution in [0.25, 0.3) is 11.0 Å². The van der Waals surface area contributed by atoms with Crippen molar-refractivity contribution in [1.29, 1.82) is 0 Å². The van der Waals surface area contributed by atoms with Gasteiger partial charge in [0.15, 0.2) is 0 Å². The van der Waals surface area contributed by atoms with Crippen LogP contribution in [-0.4, -0.2) is 63.6 Å². The van der Waals surface area contributed by atoms with Gasteiger partial charge in [0, 0.05) is 61.8 Å². The molecule has 0 aliphatic carbocycles. The highest BCUT2D eigenvalue weighted by Crippen LogP contribution is 2.27. The minimum absolute atomic E-state index is 0.106. The van der Waals surface area contributed by atoms with Crippen LogP contribution in [0.1, 0.15) is 15.9 Å². The van der Waals surface area contributed by atoms with E-state index in [1.165, 1.54) is 0 Å². The van der Waals surface area contributed by atoms with E-state index in [1.54, 1.807) is 17.6 Å². The summed E-state index contributed by atoms with van der Waals surface area (Å²) in [7, 11) is 0. The molecule has 0 spiro atoms. The average molecular weight is 381 g/mol. The Kier molecular flexibility index (Phi) is 5.25. The van der Waals surface area contributed by atoms with E-state index in [-0.39, 0.29) is 6.73 Å². The van der Waals surface area contributed by atoms with E-state index < -0.39 is 5.91 Å². The van der Waals surface area contributed by atoms with Crippen LogP contribution in [0.5, 0.6) is 0 Å². The first-order valence-corrected chi connectivity index (χ1v) is 9.25. The van der Waals surface area contributed by atoms with E-state index in [4.69, 9.17) is 5.21 Å². The Bertz CT molecular complexity index is 962. The largest absolute Gasteiger partial charge is 0.381 e. The second-order valence-electron chi connectivity index (χ2n) is 6.90. The molecule has 0 saturated carbocycles. The number of fused-ring (bicyclic) bond motifs is 1. The molecule has 1 aliphatic heterocycles. The number of nitrogens with zero attached hydrogens (tertiary/aromatic N) is 4. The topological polar surface area (TPSA) is 93.9 Å². The molecule has 28 heavy (non-hydrogen) atoms.